The van der Waals surface area contributed by atoms with Crippen LogP contribution >= 0.6 is 0 Å². The van der Waals surface area contributed by atoms with E-state index in [0.717, 1.165) is 17.2 Å². The Balaban J connectivity index is 2.14. The van der Waals surface area contributed by atoms with E-state index >= 15 is 0 Å². The third kappa shape index (κ3) is 3.04. The van der Waals surface area contributed by atoms with Crippen molar-refractivity contribution in [3.63, 3.8) is 0 Å². The molecule has 1 aromatic carbocycles. The van der Waals surface area contributed by atoms with Crippen molar-refractivity contribution in [1.29, 1.82) is 0 Å². The molecule has 0 saturated carbocycles. The van der Waals surface area contributed by atoms with Gasteiger partial charge >= 0.3 is 0 Å². The van der Waals surface area contributed by atoms with Gasteiger partial charge in [0.1, 0.15) is 5.82 Å². The molecule has 0 unspecified atom stereocenters. The minimum Gasteiger partial charge on any atom is -0.345 e. The monoisotopic (exact) mass is 257 g/mol. The molecule has 0 aliphatic heterocycles. The number of halogens is 1. The molecule has 0 atom stereocenters. The van der Waals surface area contributed by atoms with E-state index in [1.54, 1.807) is 18.3 Å². The van der Waals surface area contributed by atoms with Crippen LogP contribution in [0.4, 0.5) is 4.39 Å². The molecule has 0 saturated heterocycles. The van der Waals surface area contributed by atoms with E-state index in [0.29, 0.717) is 6.54 Å². The van der Waals surface area contributed by atoms with E-state index in [1.165, 1.54) is 12.1 Å². The average molecular weight is 257 g/mol. The summed E-state index contributed by atoms with van der Waals surface area (Å²) in [4.78, 5) is 0. The fourth-order valence-corrected chi connectivity index (χ4v) is 2.03. The lowest BCUT2D eigenvalue weighted by Crippen LogP contribution is -2.09. The van der Waals surface area contributed by atoms with Crippen molar-refractivity contribution < 1.29 is 17.0 Å². The van der Waals surface area contributed by atoms with E-state index in [4.69, 9.17) is 0 Å². The van der Waals surface area contributed by atoms with Gasteiger partial charge in [-0.2, -0.15) is 8.42 Å². The zero-order valence-corrected chi connectivity index (χ0v) is 10.1. The van der Waals surface area contributed by atoms with Crippen LogP contribution in [-0.2, 0) is 20.8 Å². The lowest BCUT2D eigenvalue weighted by Gasteiger charge is -2.05. The Morgan fingerprint density at radius 3 is 2.82 bits per heavy atom. The Kier molecular flexibility index (Phi) is 3.17. The highest BCUT2D eigenvalue weighted by molar-refractivity contribution is 7.85. The van der Waals surface area contributed by atoms with E-state index in [9.17, 15) is 12.8 Å². The second kappa shape index (κ2) is 4.46. The second-order valence-corrected chi connectivity index (χ2v) is 5.38. The molecule has 0 N–H and O–H groups in total. The molecule has 2 rings (SSSR count). The largest absolute Gasteiger partial charge is 0.345 e. The number of rotatable bonds is 4. The molecule has 0 aliphatic rings. The molecule has 1 heterocycles. The predicted octanol–water partition coefficient (Wildman–Crippen LogP) is 1.76. The number of nitrogens with zero attached hydrogens (tertiary/aromatic N) is 1. The van der Waals surface area contributed by atoms with Crippen LogP contribution in [0.15, 0.2) is 30.5 Å². The number of hydrogen-bond acceptors (Lipinski definition) is 3. The maximum absolute atomic E-state index is 12.9. The Hall–Kier alpha value is -1.40. The van der Waals surface area contributed by atoms with Crippen LogP contribution in [0.1, 0.15) is 0 Å². The van der Waals surface area contributed by atoms with Crippen LogP contribution in [0.5, 0.6) is 0 Å². The molecule has 6 heteroatoms. The van der Waals surface area contributed by atoms with Gasteiger partial charge in [0, 0.05) is 23.6 Å². The van der Waals surface area contributed by atoms with Crippen molar-refractivity contribution in [2.75, 3.05) is 12.9 Å². The van der Waals surface area contributed by atoms with Crippen molar-refractivity contribution in [2.45, 2.75) is 6.54 Å². The predicted molar refractivity (Wildman–Crippen MR) is 62.7 cm³/mol. The fraction of sp³-hybridized carbons (Fsp3) is 0.273. The van der Waals surface area contributed by atoms with Crippen LogP contribution in [-0.4, -0.2) is 25.8 Å². The van der Waals surface area contributed by atoms with E-state index < -0.39 is 10.1 Å². The van der Waals surface area contributed by atoms with Gasteiger partial charge in [-0.1, -0.05) is 0 Å². The van der Waals surface area contributed by atoms with E-state index in [1.807, 2.05) is 4.57 Å². The van der Waals surface area contributed by atoms with Gasteiger partial charge in [-0.15, -0.1) is 0 Å². The van der Waals surface area contributed by atoms with Crippen LogP contribution in [0.25, 0.3) is 10.9 Å². The van der Waals surface area contributed by atoms with Gasteiger partial charge in [0.2, 0.25) is 0 Å². The molecule has 0 bridgehead atoms. The van der Waals surface area contributed by atoms with Gasteiger partial charge in [-0.05, 0) is 24.3 Å². The Morgan fingerprint density at radius 2 is 2.12 bits per heavy atom. The zero-order chi connectivity index (χ0) is 12.5. The Bertz CT molecular complexity index is 633. The second-order valence-electron chi connectivity index (χ2n) is 3.74. The number of aromatic nitrogens is 1. The molecule has 4 nitrogen and oxygen atoms in total. The summed E-state index contributed by atoms with van der Waals surface area (Å²) < 4.78 is 41.0. The highest BCUT2D eigenvalue weighted by atomic mass is 32.2. The highest BCUT2D eigenvalue weighted by Crippen LogP contribution is 2.16. The molecule has 0 aliphatic carbocycles. The van der Waals surface area contributed by atoms with Crippen molar-refractivity contribution in [1.82, 2.24) is 4.57 Å². The summed E-state index contributed by atoms with van der Waals surface area (Å²) in [7, 11) is -3.41. The molecule has 0 radical (unpaired) electrons. The topological polar surface area (TPSA) is 48.3 Å². The van der Waals surface area contributed by atoms with Crippen molar-refractivity contribution >= 4 is 21.0 Å². The lowest BCUT2D eigenvalue weighted by molar-refractivity contribution is 0.306. The Morgan fingerprint density at radius 1 is 1.35 bits per heavy atom. The number of benzene rings is 1. The van der Waals surface area contributed by atoms with Crippen molar-refractivity contribution in [3.05, 3.63) is 36.3 Å². The summed E-state index contributed by atoms with van der Waals surface area (Å²) in [5.41, 5.74) is 0.850. The molecular weight excluding hydrogens is 245 g/mol. The summed E-state index contributed by atoms with van der Waals surface area (Å²) in [5, 5.41) is 0.782. The molecule has 1 aromatic heterocycles. The van der Waals surface area contributed by atoms with Gasteiger partial charge in [0.15, 0.2) is 0 Å². The van der Waals surface area contributed by atoms with Gasteiger partial charge < -0.3 is 4.57 Å². The van der Waals surface area contributed by atoms with Gasteiger partial charge in [-0.25, -0.2) is 4.39 Å². The van der Waals surface area contributed by atoms with Crippen LogP contribution < -0.4 is 0 Å². The van der Waals surface area contributed by atoms with Crippen molar-refractivity contribution in [3.8, 4) is 0 Å². The van der Waals surface area contributed by atoms with Crippen LogP contribution in [0.3, 0.4) is 0 Å². The summed E-state index contributed by atoms with van der Waals surface area (Å²) in [6.07, 6.45) is 2.78. The molecule has 0 amide bonds. The molecule has 17 heavy (non-hydrogen) atoms. The first-order valence-corrected chi connectivity index (χ1v) is 6.86. The number of hydrogen-bond donors (Lipinski definition) is 0. The van der Waals surface area contributed by atoms with Crippen LogP contribution in [0, 0.1) is 5.82 Å². The first kappa shape index (κ1) is 12.1. The van der Waals surface area contributed by atoms with Crippen molar-refractivity contribution in [2.24, 2.45) is 0 Å². The minimum absolute atomic E-state index is 0.0694. The van der Waals surface area contributed by atoms with Gasteiger partial charge in [0.05, 0.1) is 12.9 Å². The Labute approximate surface area is 98.7 Å². The normalized spacial score (nSPS) is 12.1. The molecule has 0 spiro atoms. The third-order valence-corrected chi connectivity index (χ3v) is 2.96. The first-order valence-electron chi connectivity index (χ1n) is 5.04. The molecule has 2 aromatic rings. The molecule has 92 valence electrons. The first-order chi connectivity index (χ1) is 7.96. The zero-order valence-electron chi connectivity index (χ0n) is 9.26. The van der Waals surface area contributed by atoms with Gasteiger partial charge in [0.25, 0.3) is 10.1 Å². The molecule has 0 fully saturated rings. The summed E-state index contributed by atoms with van der Waals surface area (Å²) in [5.74, 6) is -0.289. The molecular formula is C11H12FNO3S. The van der Waals surface area contributed by atoms with E-state index in [-0.39, 0.29) is 12.4 Å². The highest BCUT2D eigenvalue weighted by Gasteiger charge is 2.04. The third-order valence-electron chi connectivity index (χ3n) is 2.36. The summed E-state index contributed by atoms with van der Waals surface area (Å²) in [6, 6.07) is 6.24. The maximum atomic E-state index is 12.9. The summed E-state index contributed by atoms with van der Waals surface area (Å²) in [6.45, 7) is 0.474. The lowest BCUT2D eigenvalue weighted by atomic mass is 10.2. The summed E-state index contributed by atoms with van der Waals surface area (Å²) >= 11 is 0. The minimum atomic E-state index is -3.41. The smallest absolute Gasteiger partial charge is 0.264 e. The quantitative estimate of drug-likeness (QED) is 0.784. The standard InChI is InChI=1S/C11H12FNO3S/c1-17(14,15)16-7-6-13-5-4-9-8-10(12)2-3-11(9)13/h2-5,8H,6-7H2,1H3. The van der Waals surface area contributed by atoms with E-state index in [2.05, 4.69) is 4.18 Å². The SMILES string of the molecule is CS(=O)(=O)OCCn1ccc2cc(F)ccc21. The van der Waals surface area contributed by atoms with Gasteiger partial charge in [-0.3, -0.25) is 4.18 Å². The maximum Gasteiger partial charge on any atom is 0.264 e. The number of fused-ring (bicyclic) bond motifs is 1. The average Bonchev–Trinajstić information content (AvgIpc) is 2.59. The fourth-order valence-electron chi connectivity index (χ4n) is 1.65. The van der Waals surface area contributed by atoms with Crippen LogP contribution in [0.2, 0.25) is 0 Å².